The summed E-state index contributed by atoms with van der Waals surface area (Å²) in [5.41, 5.74) is 1.65. The number of amides is 2. The summed E-state index contributed by atoms with van der Waals surface area (Å²) in [4.78, 5) is 27.5. The van der Waals surface area contributed by atoms with Crippen molar-refractivity contribution in [3.8, 4) is 0 Å². The van der Waals surface area contributed by atoms with Gasteiger partial charge in [0.1, 0.15) is 0 Å². The highest BCUT2D eigenvalue weighted by Crippen LogP contribution is 2.30. The Labute approximate surface area is 136 Å². The first kappa shape index (κ1) is 16.6. The van der Waals surface area contributed by atoms with Crippen molar-refractivity contribution in [2.75, 3.05) is 36.4 Å². The minimum absolute atomic E-state index is 0.0250. The van der Waals surface area contributed by atoms with Crippen LogP contribution >= 0.6 is 11.6 Å². The first-order chi connectivity index (χ1) is 10.4. The molecule has 0 bridgehead atoms. The van der Waals surface area contributed by atoms with Crippen LogP contribution in [0.1, 0.15) is 20.8 Å². The normalized spacial score (nSPS) is 15.1. The summed E-state index contributed by atoms with van der Waals surface area (Å²) in [5, 5.41) is 3.40. The topological polar surface area (TPSA) is 52.7 Å². The highest BCUT2D eigenvalue weighted by atomic mass is 35.5. The van der Waals surface area contributed by atoms with E-state index in [4.69, 9.17) is 11.6 Å². The molecule has 0 spiro atoms. The second-order valence-corrected chi connectivity index (χ2v) is 6.25. The van der Waals surface area contributed by atoms with Crippen molar-refractivity contribution in [3.05, 3.63) is 23.2 Å². The molecule has 2 rings (SSSR count). The number of benzene rings is 1. The first-order valence-electron chi connectivity index (χ1n) is 7.49. The van der Waals surface area contributed by atoms with Crippen LogP contribution < -0.4 is 10.2 Å². The zero-order valence-electron chi connectivity index (χ0n) is 13.2. The van der Waals surface area contributed by atoms with Crippen molar-refractivity contribution >= 4 is 34.8 Å². The van der Waals surface area contributed by atoms with E-state index in [9.17, 15) is 9.59 Å². The summed E-state index contributed by atoms with van der Waals surface area (Å²) in [6.07, 6.45) is 0. The fraction of sp³-hybridized carbons (Fsp3) is 0.500. The van der Waals surface area contributed by atoms with Gasteiger partial charge in [-0.15, -0.1) is 0 Å². The lowest BCUT2D eigenvalue weighted by atomic mass is 10.1. The average Bonchev–Trinajstić information content (AvgIpc) is 2.46. The molecule has 0 aromatic heterocycles. The van der Waals surface area contributed by atoms with Gasteiger partial charge >= 0.3 is 0 Å². The maximum absolute atomic E-state index is 12.0. The molecule has 0 aliphatic carbocycles. The van der Waals surface area contributed by atoms with E-state index in [0.717, 1.165) is 18.8 Å². The van der Waals surface area contributed by atoms with Gasteiger partial charge in [-0.3, -0.25) is 9.59 Å². The molecule has 1 aliphatic heterocycles. The van der Waals surface area contributed by atoms with Crippen molar-refractivity contribution in [2.45, 2.75) is 20.8 Å². The van der Waals surface area contributed by atoms with Crippen LogP contribution in [0.15, 0.2) is 18.2 Å². The van der Waals surface area contributed by atoms with Crippen molar-refractivity contribution in [3.63, 3.8) is 0 Å². The Balaban J connectivity index is 2.11. The second kappa shape index (κ2) is 7.01. The number of hydrogen-bond acceptors (Lipinski definition) is 3. The van der Waals surface area contributed by atoms with E-state index in [1.807, 2.05) is 30.9 Å². The summed E-state index contributed by atoms with van der Waals surface area (Å²) in [7, 11) is 0. The maximum Gasteiger partial charge on any atom is 0.225 e. The van der Waals surface area contributed by atoms with E-state index in [1.165, 1.54) is 6.92 Å². The van der Waals surface area contributed by atoms with Crippen molar-refractivity contribution in [1.82, 2.24) is 4.90 Å². The first-order valence-corrected chi connectivity index (χ1v) is 7.87. The molecule has 5 nitrogen and oxygen atoms in total. The highest BCUT2D eigenvalue weighted by Gasteiger charge is 2.24. The van der Waals surface area contributed by atoms with Crippen molar-refractivity contribution < 1.29 is 9.59 Å². The van der Waals surface area contributed by atoms with E-state index in [2.05, 4.69) is 10.2 Å². The van der Waals surface area contributed by atoms with Crippen LogP contribution in [0, 0.1) is 5.92 Å². The molecule has 1 fully saturated rings. The third-order valence-electron chi connectivity index (χ3n) is 3.70. The van der Waals surface area contributed by atoms with Gasteiger partial charge in [0.15, 0.2) is 0 Å². The summed E-state index contributed by atoms with van der Waals surface area (Å²) in [6, 6.07) is 5.48. The molecule has 1 aromatic rings. The Kier molecular flexibility index (Phi) is 5.29. The van der Waals surface area contributed by atoms with Gasteiger partial charge in [0.2, 0.25) is 11.8 Å². The third kappa shape index (κ3) is 3.91. The Hall–Kier alpha value is -1.75. The molecule has 1 heterocycles. The quantitative estimate of drug-likeness (QED) is 0.930. The number of hydrogen-bond donors (Lipinski definition) is 1. The summed E-state index contributed by atoms with van der Waals surface area (Å²) < 4.78 is 0. The average molecular weight is 324 g/mol. The van der Waals surface area contributed by atoms with Crippen LogP contribution in [-0.4, -0.2) is 42.9 Å². The lowest BCUT2D eigenvalue weighted by molar-refractivity contribution is -0.134. The Morgan fingerprint density at radius 3 is 2.36 bits per heavy atom. The van der Waals surface area contributed by atoms with Gasteiger partial charge in [0.25, 0.3) is 0 Å². The van der Waals surface area contributed by atoms with Crippen LogP contribution in [0.3, 0.4) is 0 Å². The van der Waals surface area contributed by atoms with Gasteiger partial charge in [-0.2, -0.15) is 0 Å². The van der Waals surface area contributed by atoms with Gasteiger partial charge in [0.05, 0.1) is 11.4 Å². The molecule has 0 atom stereocenters. The molecule has 0 saturated carbocycles. The van der Waals surface area contributed by atoms with Crippen molar-refractivity contribution in [2.24, 2.45) is 5.92 Å². The number of nitrogens with zero attached hydrogens (tertiary/aromatic N) is 2. The van der Waals surface area contributed by atoms with Gasteiger partial charge < -0.3 is 15.1 Å². The van der Waals surface area contributed by atoms with Gasteiger partial charge in [-0.1, -0.05) is 25.4 Å². The predicted octanol–water partition coefficient (Wildman–Crippen LogP) is 2.60. The second-order valence-electron chi connectivity index (χ2n) is 5.81. The van der Waals surface area contributed by atoms with Gasteiger partial charge in [-0.05, 0) is 18.2 Å². The van der Waals surface area contributed by atoms with Crippen molar-refractivity contribution in [1.29, 1.82) is 0 Å². The van der Waals surface area contributed by atoms with Crippen LogP contribution in [-0.2, 0) is 9.59 Å². The zero-order valence-corrected chi connectivity index (χ0v) is 14.0. The van der Waals surface area contributed by atoms with E-state index < -0.39 is 0 Å². The maximum atomic E-state index is 12.0. The van der Waals surface area contributed by atoms with Crippen LogP contribution in [0.4, 0.5) is 11.4 Å². The molecule has 1 N–H and O–H groups in total. The fourth-order valence-electron chi connectivity index (χ4n) is 2.61. The number of halogens is 1. The Morgan fingerprint density at radius 2 is 1.82 bits per heavy atom. The van der Waals surface area contributed by atoms with E-state index >= 15 is 0 Å². The minimum atomic E-state index is -0.128. The summed E-state index contributed by atoms with van der Waals surface area (Å²) in [5.74, 6) is 0.0898. The third-order valence-corrected chi connectivity index (χ3v) is 3.93. The Bertz CT molecular complexity index is 567. The SMILES string of the molecule is CC(=O)Nc1cc(Cl)ccc1N1CCN(C(=O)C(C)C)CC1. The molecule has 0 radical (unpaired) electrons. The number of rotatable bonds is 3. The summed E-state index contributed by atoms with van der Waals surface area (Å²) >= 11 is 6.02. The van der Waals surface area contributed by atoms with Gasteiger partial charge in [-0.25, -0.2) is 0 Å². The monoisotopic (exact) mass is 323 g/mol. The number of piperazine rings is 1. The van der Waals surface area contributed by atoms with Gasteiger partial charge in [0, 0.05) is 44.0 Å². The molecule has 6 heteroatoms. The van der Waals surface area contributed by atoms with Crippen LogP contribution in [0.25, 0.3) is 0 Å². The number of carbonyl (C=O) groups is 2. The van der Waals surface area contributed by atoms with E-state index in [1.54, 1.807) is 6.07 Å². The molecule has 22 heavy (non-hydrogen) atoms. The highest BCUT2D eigenvalue weighted by molar-refractivity contribution is 6.31. The lowest BCUT2D eigenvalue weighted by Crippen LogP contribution is -2.50. The summed E-state index contributed by atoms with van der Waals surface area (Å²) in [6.45, 7) is 8.19. The molecular formula is C16H22ClN3O2. The molecule has 0 unspecified atom stereocenters. The molecule has 2 amide bonds. The number of anilines is 2. The largest absolute Gasteiger partial charge is 0.366 e. The molecule has 120 valence electrons. The number of nitrogens with one attached hydrogen (secondary N) is 1. The van der Waals surface area contributed by atoms with E-state index in [0.29, 0.717) is 23.8 Å². The van der Waals surface area contributed by atoms with Crippen LogP contribution in [0.2, 0.25) is 5.02 Å². The predicted molar refractivity (Wildman–Crippen MR) is 89.4 cm³/mol. The Morgan fingerprint density at radius 1 is 1.18 bits per heavy atom. The zero-order chi connectivity index (χ0) is 16.3. The number of carbonyl (C=O) groups excluding carboxylic acids is 2. The van der Waals surface area contributed by atoms with Crippen LogP contribution in [0.5, 0.6) is 0 Å². The molecule has 1 saturated heterocycles. The molecule has 1 aromatic carbocycles. The van der Waals surface area contributed by atoms with E-state index in [-0.39, 0.29) is 17.7 Å². The molecule has 1 aliphatic rings. The molecular weight excluding hydrogens is 302 g/mol. The fourth-order valence-corrected chi connectivity index (χ4v) is 2.78. The smallest absolute Gasteiger partial charge is 0.225 e. The standard InChI is InChI=1S/C16H22ClN3O2/c1-11(2)16(22)20-8-6-19(7-9-20)15-5-4-13(17)10-14(15)18-12(3)21/h4-5,10-11H,6-9H2,1-3H3,(H,18,21). The minimum Gasteiger partial charge on any atom is -0.366 e. The lowest BCUT2D eigenvalue weighted by Gasteiger charge is -2.37.